The zero-order valence-corrected chi connectivity index (χ0v) is 13.1. The van der Waals surface area contributed by atoms with Gasteiger partial charge in [-0.2, -0.15) is 4.31 Å². The van der Waals surface area contributed by atoms with Crippen molar-refractivity contribution in [2.45, 2.75) is 36.1 Å². The Hall–Kier alpha value is -0.470. The van der Waals surface area contributed by atoms with E-state index in [0.717, 1.165) is 24.4 Å². The summed E-state index contributed by atoms with van der Waals surface area (Å²) < 4.78 is 27.3. The lowest BCUT2D eigenvalue weighted by atomic mass is 10.2. The Morgan fingerprint density at radius 1 is 1.25 bits per heavy atom. The van der Waals surface area contributed by atoms with Gasteiger partial charge in [0.2, 0.25) is 0 Å². The predicted molar refractivity (Wildman–Crippen MR) is 80.2 cm³/mol. The molecule has 0 aliphatic carbocycles. The molecule has 2 saturated heterocycles. The molecule has 20 heavy (non-hydrogen) atoms. The van der Waals surface area contributed by atoms with Gasteiger partial charge in [0.05, 0.1) is 0 Å². The van der Waals surface area contributed by atoms with Crippen LogP contribution in [0.15, 0.2) is 16.3 Å². The van der Waals surface area contributed by atoms with Crippen LogP contribution in [0, 0.1) is 0 Å². The molecule has 3 heterocycles. The second kappa shape index (κ2) is 5.73. The molecular weight excluding hydrogens is 294 g/mol. The van der Waals surface area contributed by atoms with E-state index in [-0.39, 0.29) is 0 Å². The van der Waals surface area contributed by atoms with E-state index < -0.39 is 10.0 Å². The first-order valence-corrected chi connectivity index (χ1v) is 9.40. The van der Waals surface area contributed by atoms with Crippen molar-refractivity contribution in [3.05, 3.63) is 17.0 Å². The highest BCUT2D eigenvalue weighted by atomic mass is 32.2. The Balaban J connectivity index is 1.72. The first-order valence-electron chi connectivity index (χ1n) is 7.14. The summed E-state index contributed by atoms with van der Waals surface area (Å²) in [5, 5.41) is 0. The van der Waals surface area contributed by atoms with Crippen LogP contribution < -0.4 is 5.73 Å². The van der Waals surface area contributed by atoms with Crippen LogP contribution in [0.3, 0.4) is 0 Å². The van der Waals surface area contributed by atoms with Crippen molar-refractivity contribution in [2.24, 2.45) is 5.73 Å². The largest absolute Gasteiger partial charge is 0.326 e. The molecule has 7 heteroatoms. The molecule has 0 saturated carbocycles. The van der Waals surface area contributed by atoms with Gasteiger partial charge in [0.1, 0.15) is 4.21 Å². The fourth-order valence-corrected chi connectivity index (χ4v) is 5.95. The predicted octanol–water partition coefficient (Wildman–Crippen LogP) is 1.07. The number of nitrogens with zero attached hydrogens (tertiary/aromatic N) is 2. The Morgan fingerprint density at radius 3 is 2.65 bits per heavy atom. The van der Waals surface area contributed by atoms with Crippen molar-refractivity contribution < 1.29 is 8.42 Å². The Labute approximate surface area is 124 Å². The maximum atomic E-state index is 12.6. The van der Waals surface area contributed by atoms with E-state index >= 15 is 0 Å². The summed E-state index contributed by atoms with van der Waals surface area (Å²) in [4.78, 5) is 3.36. The fourth-order valence-electron chi connectivity index (χ4n) is 3.07. The highest BCUT2D eigenvalue weighted by Crippen LogP contribution is 2.29. The minimum absolute atomic E-state index is 0.399. The molecule has 0 radical (unpaired) electrons. The SMILES string of the molecule is NCc1ccc(S(=O)(=O)N2CCC(N3CCCC3)C2)s1. The smallest absolute Gasteiger partial charge is 0.252 e. The molecule has 0 bridgehead atoms. The molecular formula is C13H21N3O2S2. The lowest BCUT2D eigenvalue weighted by molar-refractivity contribution is 0.251. The van der Waals surface area contributed by atoms with E-state index in [1.54, 1.807) is 10.4 Å². The van der Waals surface area contributed by atoms with Crippen LogP contribution in [0.2, 0.25) is 0 Å². The van der Waals surface area contributed by atoms with E-state index in [0.29, 0.717) is 29.9 Å². The monoisotopic (exact) mass is 315 g/mol. The lowest BCUT2D eigenvalue weighted by Gasteiger charge is -2.23. The first kappa shape index (κ1) is 14.5. The molecule has 0 aromatic carbocycles. The third-order valence-corrected chi connectivity index (χ3v) is 7.66. The van der Waals surface area contributed by atoms with Gasteiger partial charge in [0, 0.05) is 30.6 Å². The molecule has 1 atom stereocenters. The van der Waals surface area contributed by atoms with Gasteiger partial charge in [-0.1, -0.05) is 0 Å². The molecule has 1 unspecified atom stereocenters. The molecule has 5 nitrogen and oxygen atoms in total. The molecule has 0 spiro atoms. The number of thiophene rings is 1. The van der Waals surface area contributed by atoms with Crippen molar-refractivity contribution in [1.82, 2.24) is 9.21 Å². The second-order valence-electron chi connectivity index (χ2n) is 5.47. The Morgan fingerprint density at radius 2 is 2.00 bits per heavy atom. The number of hydrogen-bond acceptors (Lipinski definition) is 5. The topological polar surface area (TPSA) is 66.6 Å². The summed E-state index contributed by atoms with van der Waals surface area (Å²) in [6.07, 6.45) is 3.44. The van der Waals surface area contributed by atoms with Gasteiger partial charge < -0.3 is 5.73 Å². The molecule has 112 valence electrons. The zero-order chi connectivity index (χ0) is 14.2. The molecule has 2 aliphatic heterocycles. The summed E-state index contributed by atoms with van der Waals surface area (Å²) >= 11 is 1.29. The standard InChI is InChI=1S/C13H21N3O2S2/c14-9-12-3-4-13(19-12)20(17,18)16-8-5-11(10-16)15-6-1-2-7-15/h3-4,11H,1-2,5-10,14H2. The average molecular weight is 315 g/mol. The van der Waals surface area contributed by atoms with Crippen LogP contribution in [-0.4, -0.2) is 49.8 Å². The summed E-state index contributed by atoms with van der Waals surface area (Å²) in [5.74, 6) is 0. The van der Waals surface area contributed by atoms with Gasteiger partial charge >= 0.3 is 0 Å². The maximum Gasteiger partial charge on any atom is 0.252 e. The molecule has 3 rings (SSSR count). The summed E-state index contributed by atoms with van der Waals surface area (Å²) in [6, 6.07) is 3.90. The molecule has 1 aromatic heterocycles. The molecule has 1 aromatic rings. The molecule has 2 N–H and O–H groups in total. The van der Waals surface area contributed by atoms with E-state index in [4.69, 9.17) is 5.73 Å². The zero-order valence-electron chi connectivity index (χ0n) is 11.5. The normalized spacial score (nSPS) is 25.6. The third kappa shape index (κ3) is 2.65. The summed E-state index contributed by atoms with van der Waals surface area (Å²) in [6.45, 7) is 3.91. The van der Waals surface area contributed by atoms with Gasteiger partial charge in [-0.15, -0.1) is 11.3 Å². The van der Waals surface area contributed by atoms with Crippen LogP contribution >= 0.6 is 11.3 Å². The van der Waals surface area contributed by atoms with E-state index in [9.17, 15) is 8.42 Å². The van der Waals surface area contributed by atoms with Crippen molar-refractivity contribution in [3.8, 4) is 0 Å². The van der Waals surface area contributed by atoms with Crippen LogP contribution in [0.4, 0.5) is 0 Å². The van der Waals surface area contributed by atoms with E-state index in [1.165, 1.54) is 24.2 Å². The minimum Gasteiger partial charge on any atom is -0.326 e. The van der Waals surface area contributed by atoms with E-state index in [1.807, 2.05) is 6.07 Å². The van der Waals surface area contributed by atoms with Crippen molar-refractivity contribution in [2.75, 3.05) is 26.2 Å². The summed E-state index contributed by atoms with van der Waals surface area (Å²) in [5.41, 5.74) is 5.56. The number of sulfonamides is 1. The first-order chi connectivity index (χ1) is 9.61. The average Bonchev–Trinajstić information content (AvgIpc) is 3.18. The highest BCUT2D eigenvalue weighted by Gasteiger charge is 2.36. The maximum absolute atomic E-state index is 12.6. The van der Waals surface area contributed by atoms with Crippen molar-refractivity contribution >= 4 is 21.4 Å². The van der Waals surface area contributed by atoms with Gasteiger partial charge in [-0.05, 0) is 44.5 Å². The van der Waals surface area contributed by atoms with Gasteiger partial charge in [0.15, 0.2) is 0 Å². The van der Waals surface area contributed by atoms with Crippen LogP contribution in [0.5, 0.6) is 0 Å². The Kier molecular flexibility index (Phi) is 4.14. The number of rotatable bonds is 4. The van der Waals surface area contributed by atoms with Crippen molar-refractivity contribution in [1.29, 1.82) is 0 Å². The molecule has 2 aliphatic rings. The second-order valence-corrected chi connectivity index (χ2v) is 8.81. The van der Waals surface area contributed by atoms with Gasteiger partial charge in [-0.25, -0.2) is 8.42 Å². The van der Waals surface area contributed by atoms with E-state index in [2.05, 4.69) is 4.90 Å². The van der Waals surface area contributed by atoms with Gasteiger partial charge in [0.25, 0.3) is 10.0 Å². The van der Waals surface area contributed by atoms with Crippen molar-refractivity contribution in [3.63, 3.8) is 0 Å². The number of likely N-dealkylation sites (tertiary alicyclic amines) is 1. The molecule has 2 fully saturated rings. The Bertz CT molecular complexity index is 564. The fraction of sp³-hybridized carbons (Fsp3) is 0.692. The van der Waals surface area contributed by atoms with Gasteiger partial charge in [-0.3, -0.25) is 4.90 Å². The number of hydrogen-bond donors (Lipinski definition) is 1. The molecule has 0 amide bonds. The highest BCUT2D eigenvalue weighted by molar-refractivity contribution is 7.91. The minimum atomic E-state index is -3.32. The third-order valence-electron chi connectivity index (χ3n) is 4.22. The quantitative estimate of drug-likeness (QED) is 0.902. The van der Waals surface area contributed by atoms with Crippen LogP contribution in [0.1, 0.15) is 24.1 Å². The van der Waals surface area contributed by atoms with Crippen LogP contribution in [-0.2, 0) is 16.6 Å². The number of nitrogens with two attached hydrogens (primary N) is 1. The lowest BCUT2D eigenvalue weighted by Crippen LogP contribution is -2.36. The summed E-state index contributed by atoms with van der Waals surface area (Å²) in [7, 11) is -3.32. The van der Waals surface area contributed by atoms with Crippen LogP contribution in [0.25, 0.3) is 0 Å².